The van der Waals surface area contributed by atoms with Crippen LogP contribution in [0.2, 0.25) is 0 Å². The molecule has 0 N–H and O–H groups in total. The summed E-state index contributed by atoms with van der Waals surface area (Å²) in [5.41, 5.74) is 1.06. The lowest BCUT2D eigenvalue weighted by atomic mass is 10.2. The number of morpholine rings is 1. The van der Waals surface area contributed by atoms with Crippen molar-refractivity contribution in [3.05, 3.63) is 36.5 Å². The number of fused-ring (bicyclic) bond motifs is 1. The van der Waals surface area contributed by atoms with Gasteiger partial charge in [0.05, 0.1) is 19.3 Å². The van der Waals surface area contributed by atoms with Crippen molar-refractivity contribution < 1.29 is 4.74 Å². The van der Waals surface area contributed by atoms with E-state index in [0.717, 1.165) is 44.0 Å². The predicted molar refractivity (Wildman–Crippen MR) is 89.0 cm³/mol. The van der Waals surface area contributed by atoms with E-state index in [4.69, 9.17) is 4.74 Å². The van der Waals surface area contributed by atoms with Crippen LogP contribution in [0, 0.1) is 0 Å². The Morgan fingerprint density at radius 1 is 1.33 bits per heavy atom. The minimum atomic E-state index is 0.0972. The molecule has 0 aromatic carbocycles. The number of aromatic nitrogens is 6. The molecule has 1 atom stereocenters. The second-order valence-corrected chi connectivity index (χ2v) is 5.99. The maximum Gasteiger partial charge on any atom is 0.254 e. The zero-order chi connectivity index (χ0) is 16.4. The Bertz CT molecular complexity index is 798. The fraction of sp³-hybridized carbons (Fsp3) is 0.500. The zero-order valence-electron chi connectivity index (χ0n) is 13.7. The molecule has 8 heteroatoms. The van der Waals surface area contributed by atoms with E-state index in [1.54, 1.807) is 12.5 Å². The Kier molecular flexibility index (Phi) is 4.12. The van der Waals surface area contributed by atoms with E-state index < -0.39 is 0 Å². The number of nitrogens with zero attached hydrogens (tertiary/aromatic N) is 7. The molecule has 24 heavy (non-hydrogen) atoms. The van der Waals surface area contributed by atoms with Crippen LogP contribution in [-0.4, -0.2) is 55.2 Å². The lowest BCUT2D eigenvalue weighted by molar-refractivity contribution is 0.0270. The van der Waals surface area contributed by atoms with E-state index in [0.29, 0.717) is 12.4 Å². The van der Waals surface area contributed by atoms with Crippen LogP contribution in [0.15, 0.2) is 30.9 Å². The third-order valence-electron chi connectivity index (χ3n) is 4.20. The number of rotatable bonds is 5. The second-order valence-electron chi connectivity index (χ2n) is 5.99. The van der Waals surface area contributed by atoms with Crippen molar-refractivity contribution >= 4 is 11.6 Å². The lowest BCUT2D eigenvalue weighted by Crippen LogP contribution is -2.45. The van der Waals surface area contributed by atoms with Gasteiger partial charge in [0.2, 0.25) is 0 Å². The summed E-state index contributed by atoms with van der Waals surface area (Å²) in [4.78, 5) is 11.1. The Morgan fingerprint density at radius 3 is 3.12 bits per heavy atom. The second kappa shape index (κ2) is 6.56. The molecule has 0 radical (unpaired) electrons. The average Bonchev–Trinajstić information content (AvgIpc) is 3.26. The Labute approximate surface area is 140 Å². The standard InChI is InChI=1S/C16H21N7O/c1-2-4-13-9-15(23-16(20-13)17-12-19-23)21-7-8-24-14(10-21)11-22-6-3-5-18-22/h3,5-6,9,12,14H,2,4,7-8,10-11H2,1H3/t14-/m0/s1. The van der Waals surface area contributed by atoms with Crippen LogP contribution in [0.3, 0.4) is 0 Å². The van der Waals surface area contributed by atoms with Crippen molar-refractivity contribution in [2.24, 2.45) is 0 Å². The summed E-state index contributed by atoms with van der Waals surface area (Å²) in [7, 11) is 0. The van der Waals surface area contributed by atoms with Gasteiger partial charge in [0.25, 0.3) is 5.78 Å². The fourth-order valence-electron chi connectivity index (χ4n) is 3.11. The molecule has 1 aliphatic rings. The van der Waals surface area contributed by atoms with Gasteiger partial charge >= 0.3 is 0 Å². The normalized spacial score (nSPS) is 18.4. The summed E-state index contributed by atoms with van der Waals surface area (Å²) in [5.74, 6) is 1.70. The smallest absolute Gasteiger partial charge is 0.254 e. The zero-order valence-corrected chi connectivity index (χ0v) is 13.7. The minimum absolute atomic E-state index is 0.0972. The van der Waals surface area contributed by atoms with E-state index >= 15 is 0 Å². The van der Waals surface area contributed by atoms with Crippen LogP contribution in [0.1, 0.15) is 19.0 Å². The highest BCUT2D eigenvalue weighted by molar-refractivity contribution is 5.47. The molecule has 0 amide bonds. The Hall–Kier alpha value is -2.48. The minimum Gasteiger partial charge on any atom is -0.373 e. The quantitative estimate of drug-likeness (QED) is 0.700. The Balaban J connectivity index is 1.60. The molecule has 1 fully saturated rings. The van der Waals surface area contributed by atoms with Crippen LogP contribution in [0.25, 0.3) is 5.78 Å². The number of anilines is 1. The summed E-state index contributed by atoms with van der Waals surface area (Å²) in [6, 6.07) is 4.06. The van der Waals surface area contributed by atoms with Gasteiger partial charge < -0.3 is 9.64 Å². The van der Waals surface area contributed by atoms with Gasteiger partial charge in [0.15, 0.2) is 0 Å². The summed E-state index contributed by atoms with van der Waals surface area (Å²) in [6.07, 6.45) is 7.41. The SMILES string of the molecule is CCCc1cc(N2CCO[C@H](Cn3cccn3)C2)n2ncnc2n1. The van der Waals surface area contributed by atoms with E-state index in [9.17, 15) is 0 Å². The molecular formula is C16H21N7O. The van der Waals surface area contributed by atoms with Crippen LogP contribution >= 0.6 is 0 Å². The van der Waals surface area contributed by atoms with E-state index in [1.807, 2.05) is 21.5 Å². The van der Waals surface area contributed by atoms with Crippen molar-refractivity contribution in [2.45, 2.75) is 32.4 Å². The molecule has 3 aromatic heterocycles. The molecular weight excluding hydrogens is 306 g/mol. The molecule has 0 spiro atoms. The largest absolute Gasteiger partial charge is 0.373 e. The van der Waals surface area contributed by atoms with E-state index in [1.165, 1.54) is 0 Å². The molecule has 8 nitrogen and oxygen atoms in total. The molecule has 126 valence electrons. The molecule has 1 saturated heterocycles. The Morgan fingerprint density at radius 2 is 2.29 bits per heavy atom. The maximum atomic E-state index is 5.91. The third kappa shape index (κ3) is 2.96. The first-order chi connectivity index (χ1) is 11.8. The summed E-state index contributed by atoms with van der Waals surface area (Å²) < 4.78 is 9.64. The third-order valence-corrected chi connectivity index (χ3v) is 4.20. The van der Waals surface area contributed by atoms with Crippen LogP contribution in [0.4, 0.5) is 5.82 Å². The highest BCUT2D eigenvalue weighted by Crippen LogP contribution is 2.20. The topological polar surface area (TPSA) is 73.4 Å². The fourth-order valence-corrected chi connectivity index (χ4v) is 3.11. The monoisotopic (exact) mass is 327 g/mol. The molecule has 1 aliphatic heterocycles. The number of hydrogen-bond donors (Lipinski definition) is 0. The first kappa shape index (κ1) is 15.1. The average molecular weight is 327 g/mol. The first-order valence-electron chi connectivity index (χ1n) is 8.37. The van der Waals surface area contributed by atoms with Gasteiger partial charge in [-0.1, -0.05) is 13.3 Å². The predicted octanol–water partition coefficient (Wildman–Crippen LogP) is 1.18. The van der Waals surface area contributed by atoms with Crippen molar-refractivity contribution in [2.75, 3.05) is 24.6 Å². The lowest BCUT2D eigenvalue weighted by Gasteiger charge is -2.34. The van der Waals surface area contributed by atoms with Crippen LogP contribution in [-0.2, 0) is 17.7 Å². The molecule has 4 heterocycles. The van der Waals surface area contributed by atoms with Gasteiger partial charge in [0.1, 0.15) is 12.1 Å². The molecule has 3 aromatic rings. The number of aryl methyl sites for hydroxylation is 1. The highest BCUT2D eigenvalue weighted by atomic mass is 16.5. The molecule has 0 bridgehead atoms. The van der Waals surface area contributed by atoms with Gasteiger partial charge in [-0.3, -0.25) is 4.68 Å². The number of ether oxygens (including phenoxy) is 1. The van der Waals surface area contributed by atoms with Crippen molar-refractivity contribution in [1.29, 1.82) is 0 Å². The summed E-state index contributed by atoms with van der Waals surface area (Å²) >= 11 is 0. The van der Waals surface area contributed by atoms with Crippen LogP contribution < -0.4 is 4.90 Å². The highest BCUT2D eigenvalue weighted by Gasteiger charge is 2.24. The van der Waals surface area contributed by atoms with Gasteiger partial charge in [-0.05, 0) is 12.5 Å². The van der Waals surface area contributed by atoms with Gasteiger partial charge in [0, 0.05) is 37.2 Å². The van der Waals surface area contributed by atoms with Gasteiger partial charge in [-0.2, -0.15) is 19.7 Å². The maximum absolute atomic E-state index is 5.91. The number of hydrogen-bond acceptors (Lipinski definition) is 6. The molecule has 0 unspecified atom stereocenters. The molecule has 0 aliphatic carbocycles. The first-order valence-corrected chi connectivity index (χ1v) is 8.37. The van der Waals surface area contributed by atoms with E-state index in [2.05, 4.69) is 38.1 Å². The van der Waals surface area contributed by atoms with Gasteiger partial charge in [-0.25, -0.2) is 4.98 Å². The summed E-state index contributed by atoms with van der Waals surface area (Å²) in [5, 5.41) is 8.61. The molecule has 0 saturated carbocycles. The van der Waals surface area contributed by atoms with E-state index in [-0.39, 0.29) is 6.10 Å². The van der Waals surface area contributed by atoms with Crippen molar-refractivity contribution in [3.8, 4) is 0 Å². The van der Waals surface area contributed by atoms with Crippen molar-refractivity contribution in [1.82, 2.24) is 29.4 Å². The summed E-state index contributed by atoms with van der Waals surface area (Å²) in [6.45, 7) is 5.22. The van der Waals surface area contributed by atoms with Crippen LogP contribution in [0.5, 0.6) is 0 Å². The van der Waals surface area contributed by atoms with Crippen molar-refractivity contribution in [3.63, 3.8) is 0 Å². The molecule has 4 rings (SSSR count). The van der Waals surface area contributed by atoms with Gasteiger partial charge in [-0.15, -0.1) is 0 Å².